The van der Waals surface area contributed by atoms with Gasteiger partial charge in [-0.25, -0.2) is 0 Å². The van der Waals surface area contributed by atoms with Gasteiger partial charge in [0.15, 0.2) is 0 Å². The fraction of sp³-hybridized carbons (Fsp3) is 0.680. The van der Waals surface area contributed by atoms with Crippen molar-refractivity contribution in [2.24, 2.45) is 17.3 Å². The summed E-state index contributed by atoms with van der Waals surface area (Å²) >= 11 is 0. The molecule has 2 amide bonds. The number of rotatable bonds is 7. The molecule has 166 valence electrons. The predicted molar refractivity (Wildman–Crippen MR) is 121 cm³/mol. The van der Waals surface area contributed by atoms with Gasteiger partial charge in [-0.05, 0) is 75.1 Å². The number of carbonyl (C=O) groups is 2. The summed E-state index contributed by atoms with van der Waals surface area (Å²) in [6.07, 6.45) is 6.02. The Morgan fingerprint density at radius 1 is 1.17 bits per heavy atom. The summed E-state index contributed by atoms with van der Waals surface area (Å²) < 4.78 is 5.67. The van der Waals surface area contributed by atoms with Gasteiger partial charge in [-0.2, -0.15) is 0 Å². The minimum absolute atomic E-state index is 0.0149. The van der Waals surface area contributed by atoms with Crippen LogP contribution >= 0.6 is 0 Å². The average molecular weight is 415 g/mol. The van der Waals surface area contributed by atoms with E-state index in [1.807, 2.05) is 38.1 Å². The first-order valence-electron chi connectivity index (χ1n) is 11.6. The fourth-order valence-corrected chi connectivity index (χ4v) is 4.74. The Bertz CT molecular complexity index is 733. The molecule has 1 aliphatic heterocycles. The molecule has 5 heteroatoms. The number of nitrogens with one attached hydrogen (secondary N) is 1. The average Bonchev–Trinajstić information content (AvgIpc) is 3.10. The standard InChI is InChI=1S/C25H38N2O3/c1-6-25(4,5)19-7-9-20(10-8-19)26-24(29)18-15-23(28)27(16-18)21-11-13-22(14-12-21)30-17(2)3/h11-14,17-20H,6-10,15-16H2,1-5H3,(H,26,29)/t18-,19?,20?/m1/s1. The maximum Gasteiger partial charge on any atom is 0.227 e. The van der Waals surface area contributed by atoms with Gasteiger partial charge in [-0.1, -0.05) is 27.2 Å². The highest BCUT2D eigenvalue weighted by Crippen LogP contribution is 2.40. The van der Waals surface area contributed by atoms with Gasteiger partial charge < -0.3 is 15.0 Å². The number of benzene rings is 1. The molecule has 0 bridgehead atoms. The Morgan fingerprint density at radius 2 is 1.80 bits per heavy atom. The van der Waals surface area contributed by atoms with Crippen LogP contribution in [0.4, 0.5) is 5.69 Å². The third-order valence-corrected chi connectivity index (χ3v) is 7.11. The maximum atomic E-state index is 12.8. The topological polar surface area (TPSA) is 58.6 Å². The van der Waals surface area contributed by atoms with Crippen LogP contribution < -0.4 is 15.0 Å². The van der Waals surface area contributed by atoms with Gasteiger partial charge >= 0.3 is 0 Å². The molecule has 1 saturated carbocycles. The summed E-state index contributed by atoms with van der Waals surface area (Å²) in [4.78, 5) is 27.1. The monoisotopic (exact) mass is 414 g/mol. The smallest absolute Gasteiger partial charge is 0.227 e. The summed E-state index contributed by atoms with van der Waals surface area (Å²) in [6, 6.07) is 7.80. The van der Waals surface area contributed by atoms with E-state index in [1.54, 1.807) is 4.90 Å². The van der Waals surface area contributed by atoms with Crippen molar-refractivity contribution in [3.63, 3.8) is 0 Å². The number of hydrogen-bond acceptors (Lipinski definition) is 3. The van der Waals surface area contributed by atoms with Crippen molar-refractivity contribution >= 4 is 17.5 Å². The van der Waals surface area contributed by atoms with Gasteiger partial charge in [-0.15, -0.1) is 0 Å². The number of hydrogen-bond donors (Lipinski definition) is 1. The number of anilines is 1. The van der Waals surface area contributed by atoms with Crippen molar-refractivity contribution in [3.8, 4) is 5.75 Å². The zero-order valence-corrected chi connectivity index (χ0v) is 19.2. The van der Waals surface area contributed by atoms with Crippen molar-refractivity contribution in [3.05, 3.63) is 24.3 Å². The van der Waals surface area contributed by atoms with Crippen LogP contribution in [0.3, 0.4) is 0 Å². The molecule has 0 unspecified atom stereocenters. The van der Waals surface area contributed by atoms with E-state index in [9.17, 15) is 9.59 Å². The van der Waals surface area contributed by atoms with Gasteiger partial charge in [-0.3, -0.25) is 9.59 Å². The molecular formula is C25H38N2O3. The summed E-state index contributed by atoms with van der Waals surface area (Å²) in [5, 5.41) is 3.24. The molecule has 1 aromatic rings. The summed E-state index contributed by atoms with van der Waals surface area (Å²) in [6.45, 7) is 11.4. The summed E-state index contributed by atoms with van der Waals surface area (Å²) in [5.41, 5.74) is 1.21. The van der Waals surface area contributed by atoms with E-state index in [4.69, 9.17) is 4.74 Å². The zero-order chi connectivity index (χ0) is 21.9. The highest BCUT2D eigenvalue weighted by molar-refractivity contribution is 6.00. The second-order valence-corrected chi connectivity index (χ2v) is 9.97. The maximum absolute atomic E-state index is 12.8. The van der Waals surface area contributed by atoms with Gasteiger partial charge in [0.05, 0.1) is 12.0 Å². The van der Waals surface area contributed by atoms with E-state index in [2.05, 4.69) is 26.1 Å². The van der Waals surface area contributed by atoms with Crippen LogP contribution in [0.1, 0.15) is 73.1 Å². The molecule has 1 heterocycles. The molecular weight excluding hydrogens is 376 g/mol. The van der Waals surface area contributed by atoms with Crippen molar-refractivity contribution < 1.29 is 14.3 Å². The number of ether oxygens (including phenoxy) is 1. The molecule has 30 heavy (non-hydrogen) atoms. The Kier molecular flexibility index (Phi) is 7.10. The number of amides is 2. The largest absolute Gasteiger partial charge is 0.491 e. The fourth-order valence-electron chi connectivity index (χ4n) is 4.74. The molecule has 1 N–H and O–H groups in total. The van der Waals surface area contributed by atoms with Gasteiger partial charge in [0.25, 0.3) is 0 Å². The lowest BCUT2D eigenvalue weighted by Crippen LogP contribution is -2.43. The Morgan fingerprint density at radius 3 is 2.37 bits per heavy atom. The molecule has 3 rings (SSSR count). The first-order chi connectivity index (χ1) is 14.2. The van der Waals surface area contributed by atoms with Crippen LogP contribution in [0.15, 0.2) is 24.3 Å². The van der Waals surface area contributed by atoms with E-state index in [0.717, 1.165) is 30.2 Å². The first-order valence-corrected chi connectivity index (χ1v) is 11.6. The van der Waals surface area contributed by atoms with Crippen molar-refractivity contribution in [2.75, 3.05) is 11.4 Å². The minimum Gasteiger partial charge on any atom is -0.491 e. The molecule has 0 radical (unpaired) electrons. The predicted octanol–water partition coefficient (Wildman–Crippen LogP) is 4.94. The Labute approximate surface area is 181 Å². The Hall–Kier alpha value is -2.04. The van der Waals surface area contributed by atoms with Crippen LogP contribution in [0.25, 0.3) is 0 Å². The molecule has 5 nitrogen and oxygen atoms in total. The molecule has 1 saturated heterocycles. The molecule has 0 aromatic heterocycles. The van der Waals surface area contributed by atoms with Gasteiger partial charge in [0.1, 0.15) is 5.75 Å². The third kappa shape index (κ3) is 5.35. The van der Waals surface area contributed by atoms with Crippen LogP contribution in [-0.2, 0) is 9.59 Å². The van der Waals surface area contributed by atoms with Crippen molar-refractivity contribution in [2.45, 2.75) is 85.3 Å². The highest BCUT2D eigenvalue weighted by atomic mass is 16.5. The Balaban J connectivity index is 1.52. The van der Waals surface area contributed by atoms with Crippen LogP contribution in [0.2, 0.25) is 0 Å². The second-order valence-electron chi connectivity index (χ2n) is 9.97. The van der Waals surface area contributed by atoms with Crippen LogP contribution in [0, 0.1) is 17.3 Å². The first kappa shape index (κ1) is 22.6. The van der Waals surface area contributed by atoms with Gasteiger partial charge in [0, 0.05) is 24.7 Å². The van der Waals surface area contributed by atoms with E-state index in [-0.39, 0.29) is 36.3 Å². The molecule has 1 aromatic carbocycles. The summed E-state index contributed by atoms with van der Waals surface area (Å²) in [7, 11) is 0. The molecule has 1 aliphatic carbocycles. The lowest BCUT2D eigenvalue weighted by atomic mass is 9.69. The highest BCUT2D eigenvalue weighted by Gasteiger charge is 2.37. The van der Waals surface area contributed by atoms with Crippen molar-refractivity contribution in [1.29, 1.82) is 0 Å². The van der Waals surface area contributed by atoms with E-state index >= 15 is 0 Å². The van der Waals surface area contributed by atoms with E-state index in [1.165, 1.54) is 19.3 Å². The number of nitrogens with zero attached hydrogens (tertiary/aromatic N) is 1. The van der Waals surface area contributed by atoms with Crippen LogP contribution in [-0.4, -0.2) is 30.5 Å². The lowest BCUT2D eigenvalue weighted by molar-refractivity contribution is -0.127. The number of carbonyl (C=O) groups excluding carboxylic acids is 2. The quantitative estimate of drug-likeness (QED) is 0.688. The van der Waals surface area contributed by atoms with Crippen LogP contribution in [0.5, 0.6) is 5.75 Å². The second kappa shape index (κ2) is 9.40. The van der Waals surface area contributed by atoms with Gasteiger partial charge in [0.2, 0.25) is 11.8 Å². The molecule has 1 atom stereocenters. The van der Waals surface area contributed by atoms with Crippen molar-refractivity contribution in [1.82, 2.24) is 5.32 Å². The molecule has 2 aliphatic rings. The SMILES string of the molecule is CCC(C)(C)C1CCC(NC(=O)[C@@H]2CC(=O)N(c3ccc(OC(C)C)cc3)C2)CC1. The normalized spacial score (nSPS) is 24.9. The van der Waals surface area contributed by atoms with E-state index in [0.29, 0.717) is 12.0 Å². The third-order valence-electron chi connectivity index (χ3n) is 7.11. The zero-order valence-electron chi connectivity index (χ0n) is 19.2. The minimum atomic E-state index is -0.270. The lowest BCUT2D eigenvalue weighted by Gasteiger charge is -2.39. The summed E-state index contributed by atoms with van der Waals surface area (Å²) in [5.74, 6) is 1.30. The molecule has 0 spiro atoms. The van der Waals surface area contributed by atoms with E-state index < -0.39 is 0 Å². The molecule has 2 fully saturated rings.